The molecule has 0 atom stereocenters. The Balaban J connectivity index is 1.29. The second-order valence-electron chi connectivity index (χ2n) is 16.5. The third kappa shape index (κ3) is 4.67. The summed E-state index contributed by atoms with van der Waals surface area (Å²) in [6.45, 7) is 11.1. The highest BCUT2D eigenvalue weighted by molar-refractivity contribution is 6.25. The van der Waals surface area contributed by atoms with Crippen LogP contribution in [0, 0.1) is 0 Å². The minimum absolute atomic E-state index is 0.294. The normalized spacial score (nSPS) is 13.4. The van der Waals surface area contributed by atoms with Crippen molar-refractivity contribution in [3.05, 3.63) is 193 Å². The zero-order valence-corrected chi connectivity index (χ0v) is 33.7. The molecule has 284 valence electrons. The largest absolute Gasteiger partial charge is 0.309 e. The number of para-hydroxylation sites is 2. The van der Waals surface area contributed by atoms with Crippen LogP contribution in [0.3, 0.4) is 0 Å². The molecule has 11 aromatic rings. The van der Waals surface area contributed by atoms with E-state index in [9.17, 15) is 0 Å². The van der Waals surface area contributed by atoms with Gasteiger partial charge in [-0.3, -0.25) is 4.57 Å². The van der Waals surface area contributed by atoms with Crippen LogP contribution in [0.1, 0.15) is 43.2 Å². The van der Waals surface area contributed by atoms with E-state index >= 15 is 0 Å². The molecule has 4 nitrogen and oxygen atoms in total. The van der Waals surface area contributed by atoms with Crippen LogP contribution in [0.4, 0.5) is 0 Å². The first-order valence-electron chi connectivity index (χ1n) is 20.7. The van der Waals surface area contributed by atoms with Crippen molar-refractivity contribution in [1.29, 1.82) is 0 Å². The van der Waals surface area contributed by atoms with E-state index in [-0.39, 0.29) is 5.41 Å². The number of allylic oxidation sites excluding steroid dienone is 1. The lowest BCUT2D eigenvalue weighted by molar-refractivity contribution is 0.663. The number of hydrogen-bond donors (Lipinski definition) is 0. The number of aromatic nitrogens is 4. The Morgan fingerprint density at radius 1 is 0.567 bits per heavy atom. The standard InChI is InChI=1S/C56H40N4/c1-5-17-46-37(6-2)53(36-29-28-34-18-7-8-19-35(34)32-36)58-55(57-46)60-50-33-49(59-47-26-15-12-21-39(47)40-22-13-16-27-48(40)59)41-23-9-10-24-42(41)51(50)44-31-30-43-38-20-11-14-25-45(38)56(3,4)52(43)54(44)60/h5-33H,2H2,1,3-4H3/b17-5-. The van der Waals surface area contributed by atoms with Gasteiger partial charge in [-0.05, 0) is 75.7 Å². The van der Waals surface area contributed by atoms with Crippen molar-refractivity contribution >= 4 is 77.3 Å². The molecule has 0 saturated heterocycles. The molecular weight excluding hydrogens is 729 g/mol. The molecule has 12 rings (SSSR count). The van der Waals surface area contributed by atoms with Crippen molar-refractivity contribution in [3.63, 3.8) is 0 Å². The zero-order chi connectivity index (χ0) is 40.3. The Morgan fingerprint density at radius 3 is 1.98 bits per heavy atom. The molecule has 0 amide bonds. The van der Waals surface area contributed by atoms with Crippen molar-refractivity contribution < 1.29 is 0 Å². The molecule has 3 heterocycles. The third-order valence-corrected chi connectivity index (χ3v) is 13.0. The van der Waals surface area contributed by atoms with Crippen LogP contribution in [-0.4, -0.2) is 19.1 Å². The second kappa shape index (κ2) is 12.7. The molecule has 0 aliphatic heterocycles. The SMILES string of the molecule is C=Cc1c(/C=C\C)nc(-n2c3cc(-n4c5ccccc5c5ccccc54)c4ccccc4c3c3ccc4c(c32)C(C)(C)c2ccccc2-4)nc1-c1ccc2ccccc2c1. The Kier molecular flexibility index (Phi) is 7.31. The second-order valence-corrected chi connectivity index (χ2v) is 16.5. The van der Waals surface area contributed by atoms with Crippen LogP contribution >= 0.6 is 0 Å². The lowest BCUT2D eigenvalue weighted by Gasteiger charge is -2.23. The van der Waals surface area contributed by atoms with Gasteiger partial charge in [-0.1, -0.05) is 166 Å². The lowest BCUT2D eigenvalue weighted by atomic mass is 9.81. The molecule has 0 unspecified atom stereocenters. The van der Waals surface area contributed by atoms with Crippen molar-refractivity contribution in [2.24, 2.45) is 0 Å². The van der Waals surface area contributed by atoms with Gasteiger partial charge in [0.15, 0.2) is 0 Å². The summed E-state index contributed by atoms with van der Waals surface area (Å²) in [6.07, 6.45) is 6.05. The van der Waals surface area contributed by atoms with Gasteiger partial charge in [0, 0.05) is 43.5 Å². The molecule has 0 bridgehead atoms. The van der Waals surface area contributed by atoms with Crippen molar-refractivity contribution in [1.82, 2.24) is 19.1 Å². The molecule has 1 aliphatic carbocycles. The van der Waals surface area contributed by atoms with Crippen molar-refractivity contribution in [2.45, 2.75) is 26.2 Å². The Hall–Kier alpha value is -7.56. The van der Waals surface area contributed by atoms with Crippen LogP contribution in [0.25, 0.3) is 111 Å². The summed E-state index contributed by atoms with van der Waals surface area (Å²) in [4.78, 5) is 11.1. The van der Waals surface area contributed by atoms with E-state index in [1.165, 1.54) is 71.0 Å². The summed E-state index contributed by atoms with van der Waals surface area (Å²) in [5, 5.41) is 9.57. The van der Waals surface area contributed by atoms with Crippen LogP contribution in [-0.2, 0) is 5.41 Å². The fraction of sp³-hybridized carbons (Fsp3) is 0.0714. The average Bonchev–Trinajstić information content (AvgIpc) is 3.88. The number of fused-ring (bicyclic) bond motifs is 13. The molecule has 60 heavy (non-hydrogen) atoms. The molecule has 8 aromatic carbocycles. The maximum Gasteiger partial charge on any atom is 0.235 e. The van der Waals surface area contributed by atoms with E-state index in [0.29, 0.717) is 5.95 Å². The topological polar surface area (TPSA) is 35.6 Å². The van der Waals surface area contributed by atoms with Crippen LogP contribution < -0.4 is 0 Å². The fourth-order valence-electron chi connectivity index (χ4n) is 10.4. The molecule has 0 radical (unpaired) electrons. The average molecular weight is 769 g/mol. The van der Waals surface area contributed by atoms with E-state index in [4.69, 9.17) is 9.97 Å². The summed E-state index contributed by atoms with van der Waals surface area (Å²) >= 11 is 0. The van der Waals surface area contributed by atoms with E-state index < -0.39 is 0 Å². The van der Waals surface area contributed by atoms with Gasteiger partial charge in [-0.15, -0.1) is 0 Å². The van der Waals surface area contributed by atoms with Gasteiger partial charge in [0.05, 0.1) is 39.1 Å². The monoisotopic (exact) mass is 768 g/mol. The summed E-state index contributed by atoms with van der Waals surface area (Å²) in [7, 11) is 0. The molecule has 4 heteroatoms. The zero-order valence-electron chi connectivity index (χ0n) is 33.7. The molecule has 0 spiro atoms. The molecule has 1 aliphatic rings. The van der Waals surface area contributed by atoms with Gasteiger partial charge < -0.3 is 4.57 Å². The maximum absolute atomic E-state index is 5.64. The van der Waals surface area contributed by atoms with Gasteiger partial charge >= 0.3 is 0 Å². The predicted octanol–water partition coefficient (Wildman–Crippen LogP) is 14.6. The van der Waals surface area contributed by atoms with Crippen LogP contribution in [0.5, 0.6) is 0 Å². The van der Waals surface area contributed by atoms with E-state index in [2.05, 4.69) is 199 Å². The maximum atomic E-state index is 5.64. The van der Waals surface area contributed by atoms with Crippen LogP contribution in [0.15, 0.2) is 170 Å². The Labute approximate surface area is 348 Å². The minimum Gasteiger partial charge on any atom is -0.309 e. The first kappa shape index (κ1) is 34.5. The van der Waals surface area contributed by atoms with Gasteiger partial charge in [-0.25, -0.2) is 9.97 Å². The van der Waals surface area contributed by atoms with Crippen molar-refractivity contribution in [2.75, 3.05) is 0 Å². The molecule has 0 N–H and O–H groups in total. The molecular formula is C56H40N4. The smallest absolute Gasteiger partial charge is 0.235 e. The minimum atomic E-state index is -0.294. The number of nitrogens with zero attached hydrogens (tertiary/aromatic N) is 4. The molecule has 0 fully saturated rings. The third-order valence-electron chi connectivity index (χ3n) is 13.0. The highest BCUT2D eigenvalue weighted by Gasteiger charge is 2.39. The summed E-state index contributed by atoms with van der Waals surface area (Å²) in [5.41, 5.74) is 14.1. The summed E-state index contributed by atoms with van der Waals surface area (Å²) in [6, 6.07) is 57.5. The van der Waals surface area contributed by atoms with Gasteiger partial charge in [0.2, 0.25) is 5.95 Å². The first-order chi connectivity index (χ1) is 29.5. The Bertz CT molecular complexity index is 3610. The van der Waals surface area contributed by atoms with E-state index in [0.717, 1.165) is 44.6 Å². The fourth-order valence-corrected chi connectivity index (χ4v) is 10.4. The predicted molar refractivity (Wildman–Crippen MR) is 254 cm³/mol. The van der Waals surface area contributed by atoms with Crippen molar-refractivity contribution in [3.8, 4) is 34.0 Å². The van der Waals surface area contributed by atoms with E-state index in [1.54, 1.807) is 0 Å². The quantitative estimate of drug-likeness (QED) is 0.175. The first-order valence-corrected chi connectivity index (χ1v) is 20.7. The lowest BCUT2D eigenvalue weighted by Crippen LogP contribution is -2.17. The summed E-state index contributed by atoms with van der Waals surface area (Å²) in [5.74, 6) is 0.625. The van der Waals surface area contributed by atoms with Crippen LogP contribution in [0.2, 0.25) is 0 Å². The number of benzene rings is 8. The van der Waals surface area contributed by atoms with Gasteiger partial charge in [0.25, 0.3) is 0 Å². The molecule has 0 saturated carbocycles. The number of rotatable bonds is 5. The van der Waals surface area contributed by atoms with Gasteiger partial charge in [0.1, 0.15) is 0 Å². The highest BCUT2D eigenvalue weighted by Crippen LogP contribution is 2.54. The van der Waals surface area contributed by atoms with Gasteiger partial charge in [-0.2, -0.15) is 0 Å². The highest BCUT2D eigenvalue weighted by atomic mass is 15.2. The number of hydrogen-bond acceptors (Lipinski definition) is 2. The molecule has 3 aromatic heterocycles. The summed E-state index contributed by atoms with van der Waals surface area (Å²) < 4.78 is 4.83. The Morgan fingerprint density at radius 2 is 1.23 bits per heavy atom. The van der Waals surface area contributed by atoms with E-state index in [1.807, 2.05) is 13.0 Å².